The van der Waals surface area contributed by atoms with Crippen LogP contribution in [0.5, 0.6) is 0 Å². The molecular formula is C7H11F3OS. The average molecular weight is 200 g/mol. The Morgan fingerprint density at radius 1 is 1.33 bits per heavy atom. The first-order valence-electron chi connectivity index (χ1n) is 3.45. The Morgan fingerprint density at radius 2 is 1.75 bits per heavy atom. The molecule has 0 saturated carbocycles. The minimum atomic E-state index is -4.70. The molecule has 0 aromatic heterocycles. The zero-order chi connectivity index (χ0) is 9.99. The molecule has 0 rings (SSSR count). The summed E-state index contributed by atoms with van der Waals surface area (Å²) in [6.45, 7) is 3.33. The molecule has 0 amide bonds. The number of hydrogen-bond acceptors (Lipinski definition) is 2. The number of carbonyl (C=O) groups is 1. The summed E-state index contributed by atoms with van der Waals surface area (Å²) in [5.74, 6) is -1.68. The van der Waals surface area contributed by atoms with Gasteiger partial charge in [0.2, 0.25) is 5.78 Å². The summed E-state index contributed by atoms with van der Waals surface area (Å²) in [6, 6.07) is 0. The molecule has 0 saturated heterocycles. The van der Waals surface area contributed by atoms with Crippen molar-refractivity contribution in [1.29, 1.82) is 0 Å². The van der Waals surface area contributed by atoms with Crippen LogP contribution in [-0.2, 0) is 4.79 Å². The fraction of sp³-hybridized carbons (Fsp3) is 0.857. The van der Waals surface area contributed by atoms with Gasteiger partial charge in [0.05, 0.1) is 0 Å². The highest BCUT2D eigenvalue weighted by atomic mass is 32.1. The number of carbonyl (C=O) groups excluding carboxylic acids is 1. The smallest absolute Gasteiger partial charge is 0.290 e. The Hall–Kier alpha value is -0.190. The van der Waals surface area contributed by atoms with Crippen LogP contribution in [0.1, 0.15) is 26.7 Å². The summed E-state index contributed by atoms with van der Waals surface area (Å²) < 4.78 is 34.4. The van der Waals surface area contributed by atoms with Crippen molar-refractivity contribution in [3.8, 4) is 0 Å². The van der Waals surface area contributed by atoms with Gasteiger partial charge in [0.25, 0.3) is 0 Å². The molecule has 0 spiro atoms. The van der Waals surface area contributed by atoms with Gasteiger partial charge >= 0.3 is 6.18 Å². The SMILES string of the molecule is CC(C)(S)CCC(=O)C(F)(F)F. The second-order valence-electron chi connectivity index (χ2n) is 3.23. The lowest BCUT2D eigenvalue weighted by Crippen LogP contribution is -2.24. The van der Waals surface area contributed by atoms with E-state index in [1.165, 1.54) is 0 Å². The average Bonchev–Trinajstić information content (AvgIpc) is 1.78. The van der Waals surface area contributed by atoms with Crippen LogP contribution in [0.4, 0.5) is 13.2 Å². The fourth-order valence-electron chi connectivity index (χ4n) is 0.561. The Kier molecular flexibility index (Phi) is 3.62. The number of hydrogen-bond donors (Lipinski definition) is 1. The molecule has 0 radical (unpaired) electrons. The lowest BCUT2D eigenvalue weighted by atomic mass is 10.0. The van der Waals surface area contributed by atoms with Gasteiger partial charge in [0.1, 0.15) is 0 Å². The summed E-state index contributed by atoms with van der Waals surface area (Å²) in [4.78, 5) is 10.4. The lowest BCUT2D eigenvalue weighted by molar-refractivity contribution is -0.171. The third-order valence-electron chi connectivity index (χ3n) is 1.28. The number of rotatable bonds is 3. The summed E-state index contributed by atoms with van der Waals surface area (Å²) in [6.07, 6.45) is -5.05. The van der Waals surface area contributed by atoms with E-state index in [0.29, 0.717) is 0 Å². The first kappa shape index (κ1) is 11.8. The van der Waals surface area contributed by atoms with E-state index in [-0.39, 0.29) is 6.42 Å². The summed E-state index contributed by atoms with van der Waals surface area (Å²) in [5.41, 5.74) is 0. The second kappa shape index (κ2) is 3.68. The highest BCUT2D eigenvalue weighted by Gasteiger charge is 2.38. The van der Waals surface area contributed by atoms with Crippen LogP contribution >= 0.6 is 12.6 Å². The zero-order valence-corrected chi connectivity index (χ0v) is 7.80. The van der Waals surface area contributed by atoms with Crippen LogP contribution in [0, 0.1) is 0 Å². The summed E-state index contributed by atoms with van der Waals surface area (Å²) in [5, 5.41) is 0. The maximum atomic E-state index is 11.6. The lowest BCUT2D eigenvalue weighted by Gasteiger charge is -2.16. The van der Waals surface area contributed by atoms with Gasteiger partial charge in [0.15, 0.2) is 0 Å². The molecule has 72 valence electrons. The molecule has 0 N–H and O–H groups in total. The van der Waals surface area contributed by atoms with Crippen molar-refractivity contribution in [2.45, 2.75) is 37.6 Å². The fourth-order valence-corrected chi connectivity index (χ4v) is 0.673. The van der Waals surface area contributed by atoms with E-state index in [1.54, 1.807) is 13.8 Å². The molecule has 12 heavy (non-hydrogen) atoms. The molecule has 5 heteroatoms. The number of halogens is 3. The van der Waals surface area contributed by atoms with Crippen LogP contribution in [-0.4, -0.2) is 16.7 Å². The van der Waals surface area contributed by atoms with Gasteiger partial charge in [-0.1, -0.05) is 13.8 Å². The van der Waals surface area contributed by atoms with Crippen molar-refractivity contribution >= 4 is 18.4 Å². The number of thiol groups is 1. The maximum Gasteiger partial charge on any atom is 0.449 e. The van der Waals surface area contributed by atoms with Crippen LogP contribution in [0.25, 0.3) is 0 Å². The highest BCUT2D eigenvalue weighted by molar-refractivity contribution is 7.81. The van der Waals surface area contributed by atoms with Gasteiger partial charge in [-0.05, 0) is 6.42 Å². The zero-order valence-electron chi connectivity index (χ0n) is 6.90. The predicted octanol–water partition coefficient (Wildman–Crippen LogP) is 2.61. The van der Waals surface area contributed by atoms with Crippen molar-refractivity contribution in [3.63, 3.8) is 0 Å². The van der Waals surface area contributed by atoms with E-state index in [9.17, 15) is 18.0 Å². The molecule has 0 aliphatic rings. The standard InChI is InChI=1S/C7H11F3OS/c1-6(2,12)4-3-5(11)7(8,9)10/h12H,3-4H2,1-2H3. The molecule has 0 unspecified atom stereocenters. The summed E-state index contributed by atoms with van der Waals surface area (Å²) in [7, 11) is 0. The van der Waals surface area contributed by atoms with E-state index in [2.05, 4.69) is 12.6 Å². The minimum Gasteiger partial charge on any atom is -0.290 e. The number of Topliss-reactive ketones (excluding diaryl/α,β-unsaturated/α-hetero) is 1. The largest absolute Gasteiger partial charge is 0.449 e. The highest BCUT2D eigenvalue weighted by Crippen LogP contribution is 2.24. The second-order valence-corrected chi connectivity index (χ2v) is 4.44. The Bertz CT molecular complexity index is 168. The van der Waals surface area contributed by atoms with Gasteiger partial charge in [0, 0.05) is 11.2 Å². The van der Waals surface area contributed by atoms with E-state index < -0.39 is 23.1 Å². The molecule has 0 fully saturated rings. The molecular weight excluding hydrogens is 189 g/mol. The van der Waals surface area contributed by atoms with Crippen LogP contribution in [0.2, 0.25) is 0 Å². The third kappa shape index (κ3) is 5.46. The normalized spacial score (nSPS) is 13.2. The van der Waals surface area contributed by atoms with Crippen LogP contribution in [0.15, 0.2) is 0 Å². The topological polar surface area (TPSA) is 17.1 Å². The first-order valence-corrected chi connectivity index (χ1v) is 3.90. The van der Waals surface area contributed by atoms with Crippen molar-refractivity contribution in [2.75, 3.05) is 0 Å². The van der Waals surface area contributed by atoms with Crippen molar-refractivity contribution < 1.29 is 18.0 Å². The van der Waals surface area contributed by atoms with Crippen LogP contribution < -0.4 is 0 Å². The van der Waals surface area contributed by atoms with Gasteiger partial charge in [-0.15, -0.1) is 0 Å². The Balaban J connectivity index is 3.90. The van der Waals surface area contributed by atoms with Crippen LogP contribution in [0.3, 0.4) is 0 Å². The minimum absolute atomic E-state index is 0.133. The van der Waals surface area contributed by atoms with E-state index in [0.717, 1.165) is 0 Å². The molecule has 0 bridgehead atoms. The maximum absolute atomic E-state index is 11.6. The predicted molar refractivity (Wildman–Crippen MR) is 43.4 cm³/mol. The molecule has 0 aliphatic heterocycles. The molecule has 0 aromatic rings. The molecule has 0 heterocycles. The van der Waals surface area contributed by atoms with E-state index in [1.807, 2.05) is 0 Å². The van der Waals surface area contributed by atoms with Crippen molar-refractivity contribution in [2.24, 2.45) is 0 Å². The Morgan fingerprint density at radius 3 is 2.00 bits per heavy atom. The Labute approximate surface area is 74.7 Å². The van der Waals surface area contributed by atoms with E-state index >= 15 is 0 Å². The van der Waals surface area contributed by atoms with Gasteiger partial charge in [-0.2, -0.15) is 25.8 Å². The molecule has 0 atom stereocenters. The van der Waals surface area contributed by atoms with Crippen molar-refractivity contribution in [3.05, 3.63) is 0 Å². The first-order chi connectivity index (χ1) is 5.13. The van der Waals surface area contributed by atoms with Gasteiger partial charge in [-0.3, -0.25) is 4.79 Å². The molecule has 1 nitrogen and oxygen atoms in total. The summed E-state index contributed by atoms with van der Waals surface area (Å²) >= 11 is 4.01. The molecule has 0 aliphatic carbocycles. The number of alkyl halides is 3. The van der Waals surface area contributed by atoms with Gasteiger partial charge in [-0.25, -0.2) is 0 Å². The monoisotopic (exact) mass is 200 g/mol. The number of ketones is 1. The molecule has 0 aromatic carbocycles. The van der Waals surface area contributed by atoms with Crippen molar-refractivity contribution in [1.82, 2.24) is 0 Å². The van der Waals surface area contributed by atoms with E-state index in [4.69, 9.17) is 0 Å². The third-order valence-corrected chi connectivity index (χ3v) is 1.50. The quantitative estimate of drug-likeness (QED) is 0.693. The van der Waals surface area contributed by atoms with Gasteiger partial charge < -0.3 is 0 Å².